The first kappa shape index (κ1) is 16.0. The number of esters is 1. The predicted octanol–water partition coefficient (Wildman–Crippen LogP) is 3.31. The summed E-state index contributed by atoms with van der Waals surface area (Å²) in [7, 11) is 1.32. The van der Waals surface area contributed by atoms with Gasteiger partial charge < -0.3 is 4.74 Å². The molecule has 0 bridgehead atoms. The lowest BCUT2D eigenvalue weighted by Gasteiger charge is -2.09. The van der Waals surface area contributed by atoms with E-state index >= 15 is 0 Å². The van der Waals surface area contributed by atoms with E-state index < -0.39 is 10.2 Å². The second-order valence-electron chi connectivity index (χ2n) is 4.42. The van der Waals surface area contributed by atoms with Crippen molar-refractivity contribution in [2.75, 3.05) is 7.11 Å². The van der Waals surface area contributed by atoms with Crippen molar-refractivity contribution < 1.29 is 14.5 Å². The Labute approximate surface area is 131 Å². The Morgan fingerprint density at radius 2 is 1.95 bits per heavy atom. The molecule has 1 atom stereocenters. The van der Waals surface area contributed by atoms with Gasteiger partial charge in [0.2, 0.25) is 0 Å². The molecule has 0 aliphatic heterocycles. The predicted molar refractivity (Wildman–Crippen MR) is 83.7 cm³/mol. The third-order valence-electron chi connectivity index (χ3n) is 2.92. The van der Waals surface area contributed by atoms with Crippen LogP contribution in [0.5, 0.6) is 0 Å². The van der Waals surface area contributed by atoms with Crippen LogP contribution in [0.3, 0.4) is 0 Å². The molecule has 2 rings (SSSR count). The van der Waals surface area contributed by atoms with Gasteiger partial charge in [0.1, 0.15) is 10.9 Å². The van der Waals surface area contributed by atoms with E-state index in [1.807, 2.05) is 6.07 Å². The van der Waals surface area contributed by atoms with Crippen LogP contribution < -0.4 is 0 Å². The Balaban J connectivity index is 2.40. The van der Waals surface area contributed by atoms with Gasteiger partial charge in [-0.05, 0) is 13.0 Å². The Kier molecular flexibility index (Phi) is 5.11. The molecule has 0 fully saturated rings. The van der Waals surface area contributed by atoms with E-state index in [9.17, 15) is 14.9 Å². The number of carbonyl (C=O) groups excluding carboxylic acids is 1. The first-order chi connectivity index (χ1) is 10.5. The topological polar surface area (TPSA) is 82.3 Å². The van der Waals surface area contributed by atoms with E-state index in [1.165, 1.54) is 31.0 Å². The summed E-state index contributed by atoms with van der Waals surface area (Å²) >= 11 is 1.20. The van der Waals surface area contributed by atoms with E-state index in [4.69, 9.17) is 0 Å². The lowest BCUT2D eigenvalue weighted by molar-refractivity contribution is -0.384. The second kappa shape index (κ2) is 7.04. The van der Waals surface area contributed by atoms with E-state index in [0.717, 1.165) is 0 Å². The maximum atomic E-state index is 11.5. The molecule has 0 aliphatic rings. The number of carbonyl (C=O) groups is 1. The van der Waals surface area contributed by atoms with Gasteiger partial charge in [0.25, 0.3) is 5.69 Å². The summed E-state index contributed by atoms with van der Waals surface area (Å²) in [5, 5.41) is 11.3. The minimum absolute atomic E-state index is 0.0683. The maximum absolute atomic E-state index is 11.5. The maximum Gasteiger partial charge on any atom is 0.318 e. The molecule has 6 nitrogen and oxygen atoms in total. The third-order valence-corrected chi connectivity index (χ3v) is 3.94. The Morgan fingerprint density at radius 1 is 1.27 bits per heavy atom. The number of aromatic nitrogens is 1. The van der Waals surface area contributed by atoms with Crippen molar-refractivity contribution in [3.05, 3.63) is 52.6 Å². The number of hydrogen-bond donors (Lipinski definition) is 0. The number of rotatable bonds is 5. The van der Waals surface area contributed by atoms with E-state index in [-0.39, 0.29) is 17.4 Å². The zero-order valence-electron chi connectivity index (χ0n) is 12.1. The van der Waals surface area contributed by atoms with Gasteiger partial charge in [-0.1, -0.05) is 42.1 Å². The SMILES string of the molecule is COC(=O)C(C)Sc1ccc([N+](=O)[O-])c(-c2ccccc2)n1. The summed E-state index contributed by atoms with van der Waals surface area (Å²) in [5.74, 6) is -0.369. The molecule has 114 valence electrons. The second-order valence-corrected chi connectivity index (χ2v) is 5.78. The van der Waals surface area contributed by atoms with Crippen LogP contribution >= 0.6 is 11.8 Å². The monoisotopic (exact) mass is 318 g/mol. The van der Waals surface area contributed by atoms with E-state index in [0.29, 0.717) is 10.6 Å². The zero-order chi connectivity index (χ0) is 16.1. The van der Waals surface area contributed by atoms with Gasteiger partial charge in [-0.3, -0.25) is 14.9 Å². The Bertz CT molecular complexity index is 691. The van der Waals surface area contributed by atoms with Crippen molar-refractivity contribution in [3.8, 4) is 11.3 Å². The number of thioether (sulfide) groups is 1. The highest BCUT2D eigenvalue weighted by atomic mass is 32.2. The fraction of sp³-hybridized carbons (Fsp3) is 0.200. The number of benzene rings is 1. The van der Waals surface area contributed by atoms with Crippen LogP contribution in [-0.2, 0) is 9.53 Å². The van der Waals surface area contributed by atoms with Gasteiger partial charge in [0.15, 0.2) is 0 Å². The molecule has 0 saturated heterocycles. The van der Waals surface area contributed by atoms with Crippen LogP contribution in [0.2, 0.25) is 0 Å². The highest BCUT2D eigenvalue weighted by Gasteiger charge is 2.20. The quantitative estimate of drug-likeness (QED) is 0.364. The number of methoxy groups -OCH3 is 1. The molecule has 7 heteroatoms. The van der Waals surface area contributed by atoms with Crippen LogP contribution in [0.25, 0.3) is 11.3 Å². The molecule has 0 spiro atoms. The van der Waals surface area contributed by atoms with Crippen molar-refractivity contribution in [2.45, 2.75) is 17.2 Å². The largest absolute Gasteiger partial charge is 0.468 e. The molecule has 1 unspecified atom stereocenters. The summed E-state index contributed by atoms with van der Waals surface area (Å²) in [4.78, 5) is 26.5. The van der Waals surface area contributed by atoms with Gasteiger partial charge in [0.05, 0.1) is 17.1 Å². The van der Waals surface area contributed by atoms with Gasteiger partial charge >= 0.3 is 5.97 Å². The van der Waals surface area contributed by atoms with Gasteiger partial charge in [0, 0.05) is 11.6 Å². The molecule has 1 aromatic carbocycles. The van der Waals surface area contributed by atoms with Crippen LogP contribution in [0.1, 0.15) is 6.92 Å². The molecule has 1 heterocycles. The van der Waals surface area contributed by atoms with E-state index in [2.05, 4.69) is 9.72 Å². The third kappa shape index (κ3) is 3.62. The molecule has 2 aromatic rings. The minimum Gasteiger partial charge on any atom is -0.468 e. The van der Waals surface area contributed by atoms with E-state index in [1.54, 1.807) is 31.2 Å². The number of nitrogens with zero attached hydrogens (tertiary/aromatic N) is 2. The fourth-order valence-electron chi connectivity index (χ4n) is 1.85. The summed E-state index contributed by atoms with van der Waals surface area (Å²) in [5.41, 5.74) is 0.872. The van der Waals surface area contributed by atoms with Gasteiger partial charge in [-0.25, -0.2) is 4.98 Å². The molecule has 0 N–H and O–H groups in total. The average Bonchev–Trinajstić information content (AvgIpc) is 2.54. The lowest BCUT2D eigenvalue weighted by Crippen LogP contribution is -2.14. The van der Waals surface area contributed by atoms with Crippen molar-refractivity contribution in [2.24, 2.45) is 0 Å². The van der Waals surface area contributed by atoms with Gasteiger partial charge in [-0.15, -0.1) is 0 Å². The first-order valence-corrected chi connectivity index (χ1v) is 7.36. The first-order valence-electron chi connectivity index (χ1n) is 6.48. The number of ether oxygens (including phenoxy) is 1. The van der Waals surface area contributed by atoms with Gasteiger partial charge in [-0.2, -0.15) is 0 Å². The molecule has 0 saturated carbocycles. The molecule has 0 radical (unpaired) electrons. The Morgan fingerprint density at radius 3 is 2.55 bits per heavy atom. The highest BCUT2D eigenvalue weighted by molar-refractivity contribution is 8.00. The smallest absolute Gasteiger partial charge is 0.318 e. The minimum atomic E-state index is -0.465. The van der Waals surface area contributed by atoms with Crippen molar-refractivity contribution in [3.63, 3.8) is 0 Å². The molecular weight excluding hydrogens is 304 g/mol. The molecule has 0 amide bonds. The van der Waals surface area contributed by atoms with Crippen LogP contribution in [0.4, 0.5) is 5.69 Å². The number of pyridine rings is 1. The normalized spacial score (nSPS) is 11.7. The van der Waals surface area contributed by atoms with Crippen LogP contribution in [0, 0.1) is 10.1 Å². The summed E-state index contributed by atoms with van der Waals surface area (Å²) in [6, 6.07) is 11.9. The van der Waals surface area contributed by atoms with Crippen LogP contribution in [-0.4, -0.2) is 28.2 Å². The Hall–Kier alpha value is -2.41. The standard InChI is InChI=1S/C15H14N2O4S/c1-10(15(18)21-2)22-13-9-8-12(17(19)20)14(16-13)11-6-4-3-5-7-11/h3-10H,1-2H3. The molecule has 1 aromatic heterocycles. The van der Waals surface area contributed by atoms with Crippen LogP contribution in [0.15, 0.2) is 47.5 Å². The summed E-state index contributed by atoms with van der Waals surface area (Å²) < 4.78 is 4.67. The molecular formula is C15H14N2O4S. The van der Waals surface area contributed by atoms with Crippen molar-refractivity contribution in [1.82, 2.24) is 4.98 Å². The number of hydrogen-bond acceptors (Lipinski definition) is 6. The summed E-state index contributed by atoms with van der Waals surface area (Å²) in [6.45, 7) is 1.70. The fourth-order valence-corrected chi connectivity index (χ4v) is 2.70. The summed E-state index contributed by atoms with van der Waals surface area (Å²) in [6.07, 6.45) is 0. The lowest BCUT2D eigenvalue weighted by atomic mass is 10.1. The van der Waals surface area contributed by atoms with Crippen molar-refractivity contribution in [1.29, 1.82) is 0 Å². The van der Waals surface area contributed by atoms with Crippen molar-refractivity contribution >= 4 is 23.4 Å². The zero-order valence-corrected chi connectivity index (χ0v) is 12.9. The highest BCUT2D eigenvalue weighted by Crippen LogP contribution is 2.31. The molecule has 22 heavy (non-hydrogen) atoms. The molecule has 0 aliphatic carbocycles. The average molecular weight is 318 g/mol. The number of nitro groups is 1.